The second kappa shape index (κ2) is 226. The van der Waals surface area contributed by atoms with Crippen LogP contribution in [-0.4, -0.2) is 9.55 Å². The summed E-state index contributed by atoms with van der Waals surface area (Å²) in [6.07, 6.45) is 0. The molecule has 0 bridgehead atoms. The topological polar surface area (TPSA) is 176 Å². The Morgan fingerprint density at radius 3 is 0.636 bits per heavy atom. The second-order valence-electron chi connectivity index (χ2n) is 0.268. The summed E-state index contributed by atoms with van der Waals surface area (Å²) < 4.78 is 0. The number of rotatable bonds is 0. The molecule has 11 heavy (non-hydrogen) atoms. The molecule has 0 radical (unpaired) electrons. The molecule has 0 aliphatic rings. The average Bonchev–Trinajstić information content (AvgIpc) is 1.96. The molecular weight excluding hydrogens is 190 g/mol. The van der Waals surface area contributed by atoms with E-state index in [0.717, 1.165) is 9.55 Å². The van der Waals surface area contributed by atoms with Crippen molar-refractivity contribution in [2.24, 2.45) is 0 Å². The van der Waals surface area contributed by atoms with Crippen LogP contribution in [0.5, 0.6) is 0 Å². The zero-order chi connectivity index (χ0) is 10.1. The number of nitrogens with zero attached hydrogens (tertiary/aromatic N) is 9. The van der Waals surface area contributed by atoms with E-state index in [1.807, 2.05) is 0 Å². The largest absolute Gasteiger partial charge is 0.373 e. The van der Waals surface area contributed by atoms with Crippen LogP contribution >= 0.6 is 11.1 Å². The van der Waals surface area contributed by atoms with E-state index in [2.05, 4.69) is 0 Å². The minimum atomic E-state index is 0.778. The highest BCUT2D eigenvalue weighted by molar-refractivity contribution is 6.80. The van der Waals surface area contributed by atoms with E-state index in [1.54, 1.807) is 0 Å². The van der Waals surface area contributed by atoms with Crippen molar-refractivity contribution in [2.75, 3.05) is 0 Å². The van der Waals surface area contributed by atoms with Gasteiger partial charge >= 0.3 is 0 Å². The Kier molecular flexibility index (Phi) is 467. The molecule has 0 aliphatic heterocycles. The Hall–Kier alpha value is -1.56. The molecule has 0 rings (SSSR count). The van der Waals surface area contributed by atoms with E-state index in [1.165, 1.54) is 14.7 Å². The summed E-state index contributed by atoms with van der Waals surface area (Å²) in [7, 11) is 0.778. The highest BCUT2D eigenvalue weighted by atomic mass is 35.6. The predicted octanol–water partition coefficient (Wildman–Crippen LogP) is 2.10. The molecule has 9 nitrogen and oxygen atoms in total. The summed E-state index contributed by atoms with van der Waals surface area (Å²) >= 11 is 4.78. The first-order valence-electron chi connectivity index (χ1n) is 1.58. The van der Waals surface area contributed by atoms with Crippen LogP contribution < -0.4 is 0 Å². The minimum absolute atomic E-state index is 0.778. The smallest absolute Gasteiger partial charge is 0.109 e. The van der Waals surface area contributed by atoms with Crippen LogP contribution in [0.4, 0.5) is 0 Å². The monoisotopic (exact) mass is 192 g/mol. The summed E-state index contributed by atoms with van der Waals surface area (Å²) in [6.45, 7) is 0. The molecule has 0 aliphatic carbocycles. The lowest BCUT2D eigenvalue weighted by atomic mass is 13.0. The van der Waals surface area contributed by atoms with E-state index >= 15 is 0 Å². The molecule has 0 aromatic rings. The Morgan fingerprint density at radius 2 is 0.636 bits per heavy atom. The first kappa shape index (κ1) is 22.7. The molecule has 0 aromatic carbocycles. The summed E-state index contributed by atoms with van der Waals surface area (Å²) in [5.74, 6) is 0. The van der Waals surface area contributed by atoms with Crippen molar-refractivity contribution in [3.8, 4) is 0 Å². The zero-order valence-electron chi connectivity index (χ0n) is 5.40. The summed E-state index contributed by atoms with van der Waals surface area (Å²) in [4.78, 5) is 4.50. The fourth-order valence-electron chi connectivity index (χ4n) is 0. The molecule has 0 amide bonds. The Labute approximate surface area is 69.3 Å². The molecule has 0 aromatic heterocycles. The summed E-state index contributed by atoms with van der Waals surface area (Å²) in [6, 6.07) is 0. The predicted molar refractivity (Wildman–Crippen MR) is 46.0 cm³/mol. The van der Waals surface area contributed by atoms with Crippen molar-refractivity contribution in [3.63, 3.8) is 0 Å². The normalized spacial score (nSPS) is 3.00. The highest BCUT2D eigenvalue weighted by Gasteiger charge is 0.975. The van der Waals surface area contributed by atoms with Crippen LogP contribution in [0.25, 0.3) is 47.9 Å². The van der Waals surface area contributed by atoms with Crippen molar-refractivity contribution in [3.05, 3.63) is 47.9 Å². The molecule has 11 heteroatoms. The fourth-order valence-corrected chi connectivity index (χ4v) is 0. The molecule has 0 heterocycles. The Balaban J connectivity index is -0.0000000301. The highest BCUT2D eigenvalue weighted by Crippen LogP contribution is 1.30. The van der Waals surface area contributed by atoms with E-state index in [4.69, 9.17) is 44.3 Å². The lowest BCUT2D eigenvalue weighted by molar-refractivity contribution is 2.36. The van der Waals surface area contributed by atoms with Gasteiger partial charge in [0.2, 0.25) is 0 Å². The maximum absolute atomic E-state index is 6.75. The lowest BCUT2D eigenvalue weighted by Gasteiger charge is -1.32. The third-order valence-electron chi connectivity index (χ3n) is 0. The quantitative estimate of drug-likeness (QED) is 0.180. The van der Waals surface area contributed by atoms with Crippen molar-refractivity contribution in [2.45, 2.75) is 0 Å². The summed E-state index contributed by atoms with van der Waals surface area (Å²) in [5.41, 5.74) is 40.5. The summed E-state index contributed by atoms with van der Waals surface area (Å²) in [5, 5.41) is 0. The van der Waals surface area contributed by atoms with Crippen LogP contribution in [0.15, 0.2) is 0 Å². The van der Waals surface area contributed by atoms with Gasteiger partial charge in [-0.2, -0.15) is 11.1 Å². The van der Waals surface area contributed by atoms with Crippen LogP contribution in [0.2, 0.25) is 0 Å². The number of hydrogen-bond acceptors (Lipinski definition) is 0. The SMILES string of the molecule is [N-]=[N+]=[N-].[N-]=[N+]=[N-].[N-]=[N+]=[N-].[SiH3]Cl. The molecule has 0 fully saturated rings. The van der Waals surface area contributed by atoms with E-state index in [9.17, 15) is 0 Å². The van der Waals surface area contributed by atoms with E-state index in [0.29, 0.717) is 0 Å². The molecule has 62 valence electrons. The molecular formula is H3ClN9Si-3. The van der Waals surface area contributed by atoms with Gasteiger partial charge in [0.25, 0.3) is 0 Å². The molecule has 0 saturated heterocycles. The van der Waals surface area contributed by atoms with Crippen molar-refractivity contribution < 1.29 is 0 Å². The third kappa shape index (κ3) is 143. The van der Waals surface area contributed by atoms with Gasteiger partial charge in [0, 0.05) is 0 Å². The molecule has 0 saturated carbocycles. The molecule has 0 unspecified atom stereocenters. The van der Waals surface area contributed by atoms with E-state index in [-0.39, 0.29) is 0 Å². The van der Waals surface area contributed by atoms with Crippen LogP contribution in [0.1, 0.15) is 0 Å². The Bertz CT molecular complexity index is 101. The van der Waals surface area contributed by atoms with Gasteiger partial charge in [0.1, 0.15) is 9.55 Å². The van der Waals surface area contributed by atoms with Crippen molar-refractivity contribution in [1.82, 2.24) is 0 Å². The maximum Gasteiger partial charge on any atom is 0.109 e. The minimum Gasteiger partial charge on any atom is -0.373 e. The van der Waals surface area contributed by atoms with Gasteiger partial charge in [-0.3, -0.25) is 14.7 Å². The first-order valence-corrected chi connectivity index (χ1v) is 4.60. The van der Waals surface area contributed by atoms with Gasteiger partial charge < -0.3 is 33.2 Å². The fraction of sp³-hybridized carbons (Fsp3) is 0. The standard InChI is InChI=1S/ClH3Si.3N3/c1-2;3*1-3-2/h2H3;;;/q;3*-1. The molecule has 0 spiro atoms. The molecule has 0 atom stereocenters. The van der Waals surface area contributed by atoms with Gasteiger partial charge in [-0.05, 0) is 0 Å². The van der Waals surface area contributed by atoms with Crippen LogP contribution in [0.3, 0.4) is 0 Å². The number of halogens is 1. The third-order valence-corrected chi connectivity index (χ3v) is 0. The molecule has 0 N–H and O–H groups in total. The maximum atomic E-state index is 6.75. The van der Waals surface area contributed by atoms with Gasteiger partial charge in [-0.15, -0.1) is 0 Å². The zero-order valence-corrected chi connectivity index (χ0v) is 8.16. The van der Waals surface area contributed by atoms with Gasteiger partial charge in [0.15, 0.2) is 0 Å². The van der Waals surface area contributed by atoms with E-state index < -0.39 is 0 Å². The lowest BCUT2D eigenvalue weighted by Crippen LogP contribution is -0.980. The van der Waals surface area contributed by atoms with Crippen LogP contribution in [-0.2, 0) is 0 Å². The van der Waals surface area contributed by atoms with Gasteiger partial charge in [0.05, 0.1) is 0 Å². The second-order valence-corrected chi connectivity index (χ2v) is 0.268. The van der Waals surface area contributed by atoms with Gasteiger partial charge in [-0.25, -0.2) is 0 Å². The number of hydrogen-bond donors (Lipinski definition) is 0. The van der Waals surface area contributed by atoms with Crippen LogP contribution in [0, 0.1) is 0 Å². The first-order chi connectivity index (χ1) is 5.24. The Morgan fingerprint density at radius 1 is 0.636 bits per heavy atom. The van der Waals surface area contributed by atoms with Gasteiger partial charge in [-0.1, -0.05) is 0 Å². The van der Waals surface area contributed by atoms with Crippen molar-refractivity contribution >= 4 is 20.6 Å². The average molecular weight is 193 g/mol. The van der Waals surface area contributed by atoms with Crippen molar-refractivity contribution in [1.29, 1.82) is 0 Å².